The Morgan fingerprint density at radius 2 is 2.00 bits per heavy atom. The number of nitrogens with zero attached hydrogens (tertiary/aromatic N) is 1. The Morgan fingerprint density at radius 3 is 2.69 bits per heavy atom. The highest BCUT2D eigenvalue weighted by Gasteiger charge is 2.18. The number of anilines is 1. The Balaban J connectivity index is 1.85. The van der Waals surface area contributed by atoms with E-state index in [2.05, 4.69) is 11.4 Å². The Morgan fingerprint density at radius 1 is 1.23 bits per heavy atom. The minimum absolute atomic E-state index is 0.130. The summed E-state index contributed by atoms with van der Waals surface area (Å²) < 4.78 is 5.19. The number of amides is 1. The van der Waals surface area contributed by atoms with Crippen molar-refractivity contribution in [3.8, 4) is 6.07 Å². The van der Waals surface area contributed by atoms with Gasteiger partial charge in [0, 0.05) is 10.6 Å². The molecule has 0 aliphatic carbocycles. The van der Waals surface area contributed by atoms with E-state index in [1.54, 1.807) is 24.3 Å². The number of ether oxygens (including phenoxy) is 1. The van der Waals surface area contributed by atoms with Crippen molar-refractivity contribution in [2.24, 2.45) is 0 Å². The van der Waals surface area contributed by atoms with Crippen molar-refractivity contribution in [1.82, 2.24) is 0 Å². The Bertz CT molecular complexity index is 858. The molecule has 0 spiro atoms. The zero-order valence-corrected chi connectivity index (χ0v) is 15.7. The number of rotatable bonds is 6. The summed E-state index contributed by atoms with van der Waals surface area (Å²) >= 11 is 1.38. The maximum Gasteiger partial charge on any atom is 0.317 e. The van der Waals surface area contributed by atoms with Crippen LogP contribution in [0.3, 0.4) is 0 Å². The fraction of sp³-hybridized carbons (Fsp3) is 0.250. The molecule has 0 aliphatic heterocycles. The van der Waals surface area contributed by atoms with Crippen LogP contribution in [-0.4, -0.2) is 23.7 Å². The Kier molecular flexibility index (Phi) is 6.81. The first kappa shape index (κ1) is 19.5. The largest absolute Gasteiger partial charge is 0.452 e. The molecule has 0 saturated heterocycles. The lowest BCUT2D eigenvalue weighted by molar-refractivity contribution is -0.150. The van der Waals surface area contributed by atoms with E-state index in [1.165, 1.54) is 24.2 Å². The van der Waals surface area contributed by atoms with Crippen LogP contribution in [0.5, 0.6) is 0 Å². The van der Waals surface area contributed by atoms with E-state index in [1.807, 2.05) is 32.0 Å². The van der Waals surface area contributed by atoms with Gasteiger partial charge >= 0.3 is 5.97 Å². The summed E-state index contributed by atoms with van der Waals surface area (Å²) in [4.78, 5) is 25.1. The van der Waals surface area contributed by atoms with E-state index in [9.17, 15) is 9.59 Å². The van der Waals surface area contributed by atoms with E-state index < -0.39 is 18.0 Å². The molecule has 0 aromatic heterocycles. The normalized spacial score (nSPS) is 11.3. The summed E-state index contributed by atoms with van der Waals surface area (Å²) in [5.41, 5.74) is 3.20. The van der Waals surface area contributed by atoms with Gasteiger partial charge in [0.15, 0.2) is 6.10 Å². The maximum absolute atomic E-state index is 12.1. The van der Waals surface area contributed by atoms with Crippen LogP contribution in [0, 0.1) is 25.2 Å². The average Bonchev–Trinajstić information content (AvgIpc) is 2.61. The first-order chi connectivity index (χ1) is 12.4. The third-order valence-corrected chi connectivity index (χ3v) is 4.76. The fourth-order valence-electron chi connectivity index (χ4n) is 2.29. The number of esters is 1. The molecule has 26 heavy (non-hydrogen) atoms. The van der Waals surface area contributed by atoms with Crippen LogP contribution in [0.2, 0.25) is 0 Å². The summed E-state index contributed by atoms with van der Waals surface area (Å²) in [6.45, 7) is 5.53. The van der Waals surface area contributed by atoms with Crippen molar-refractivity contribution in [2.45, 2.75) is 31.8 Å². The first-order valence-electron chi connectivity index (χ1n) is 8.09. The lowest BCUT2D eigenvalue weighted by Gasteiger charge is -2.14. The van der Waals surface area contributed by atoms with Crippen LogP contribution < -0.4 is 5.32 Å². The van der Waals surface area contributed by atoms with Crippen LogP contribution in [0.15, 0.2) is 47.4 Å². The molecule has 2 rings (SSSR count). The van der Waals surface area contributed by atoms with Crippen LogP contribution in [-0.2, 0) is 14.3 Å². The zero-order valence-electron chi connectivity index (χ0n) is 14.9. The SMILES string of the molecule is Cc1ccc(SCC(=O)O[C@H](C)C(=O)Nc2cccc(C#N)c2)c(C)c1. The third kappa shape index (κ3) is 5.64. The number of benzene rings is 2. The van der Waals surface area contributed by atoms with E-state index in [-0.39, 0.29) is 5.75 Å². The minimum atomic E-state index is -0.923. The standard InChI is InChI=1S/C20H20N2O3S/c1-13-7-8-18(14(2)9-13)26-12-19(23)25-15(3)20(24)22-17-6-4-5-16(10-17)11-21/h4-10,15H,12H2,1-3H3,(H,22,24)/t15-/m1/s1. The second kappa shape index (κ2) is 9.07. The molecule has 0 fully saturated rings. The zero-order chi connectivity index (χ0) is 19.1. The molecule has 0 radical (unpaired) electrons. The van der Waals surface area contributed by atoms with Crippen molar-refractivity contribution in [3.63, 3.8) is 0 Å². The van der Waals surface area contributed by atoms with Crippen LogP contribution >= 0.6 is 11.8 Å². The van der Waals surface area contributed by atoms with Crippen LogP contribution in [0.25, 0.3) is 0 Å². The van der Waals surface area contributed by atoms with E-state index >= 15 is 0 Å². The quantitative estimate of drug-likeness (QED) is 0.619. The Labute approximate surface area is 157 Å². The predicted molar refractivity (Wildman–Crippen MR) is 102 cm³/mol. The lowest BCUT2D eigenvalue weighted by Crippen LogP contribution is -2.30. The highest BCUT2D eigenvalue weighted by molar-refractivity contribution is 8.00. The molecule has 5 nitrogen and oxygen atoms in total. The van der Waals surface area contributed by atoms with Gasteiger partial charge in [-0.25, -0.2) is 0 Å². The molecule has 0 saturated carbocycles. The summed E-state index contributed by atoms with van der Waals surface area (Å²) in [6, 6.07) is 14.6. The van der Waals surface area contributed by atoms with Gasteiger partial charge in [-0.2, -0.15) is 5.26 Å². The van der Waals surface area contributed by atoms with Gasteiger partial charge in [-0.3, -0.25) is 9.59 Å². The van der Waals surface area contributed by atoms with Gasteiger partial charge in [-0.05, 0) is 50.6 Å². The molecular formula is C20H20N2O3S. The van der Waals surface area contributed by atoms with Crippen molar-refractivity contribution < 1.29 is 14.3 Å². The van der Waals surface area contributed by atoms with Gasteiger partial charge in [0.25, 0.3) is 5.91 Å². The molecule has 0 unspecified atom stereocenters. The number of carbonyl (C=O) groups is 2. The van der Waals surface area contributed by atoms with Crippen LogP contribution in [0.4, 0.5) is 5.69 Å². The van der Waals surface area contributed by atoms with Crippen molar-refractivity contribution in [3.05, 3.63) is 59.2 Å². The highest BCUT2D eigenvalue weighted by Crippen LogP contribution is 2.23. The molecule has 2 aromatic carbocycles. The van der Waals surface area contributed by atoms with E-state index in [0.717, 1.165) is 10.5 Å². The summed E-state index contributed by atoms with van der Waals surface area (Å²) in [6.07, 6.45) is -0.923. The summed E-state index contributed by atoms with van der Waals surface area (Å²) in [7, 11) is 0. The van der Waals surface area contributed by atoms with E-state index in [0.29, 0.717) is 11.3 Å². The van der Waals surface area contributed by atoms with Crippen molar-refractivity contribution >= 4 is 29.3 Å². The smallest absolute Gasteiger partial charge is 0.317 e. The van der Waals surface area contributed by atoms with E-state index in [4.69, 9.17) is 10.00 Å². The molecule has 0 heterocycles. The topological polar surface area (TPSA) is 79.2 Å². The maximum atomic E-state index is 12.1. The van der Waals surface area contributed by atoms with Crippen LogP contribution in [0.1, 0.15) is 23.6 Å². The second-order valence-electron chi connectivity index (χ2n) is 5.87. The Hall–Kier alpha value is -2.78. The average molecular weight is 368 g/mol. The third-order valence-electron chi connectivity index (χ3n) is 3.61. The first-order valence-corrected chi connectivity index (χ1v) is 9.08. The predicted octanol–water partition coefficient (Wildman–Crippen LogP) is 3.84. The second-order valence-corrected chi connectivity index (χ2v) is 6.89. The number of nitriles is 1. The van der Waals surface area contributed by atoms with Gasteiger partial charge in [0.1, 0.15) is 0 Å². The highest BCUT2D eigenvalue weighted by atomic mass is 32.2. The number of thioether (sulfide) groups is 1. The number of hydrogen-bond donors (Lipinski definition) is 1. The molecule has 134 valence electrons. The summed E-state index contributed by atoms with van der Waals surface area (Å²) in [5.74, 6) is -0.765. The summed E-state index contributed by atoms with van der Waals surface area (Å²) in [5, 5.41) is 11.5. The molecule has 1 N–H and O–H groups in total. The molecule has 2 aromatic rings. The molecule has 0 aliphatic rings. The number of aryl methyl sites for hydroxylation is 2. The molecule has 1 amide bonds. The molecular weight excluding hydrogens is 348 g/mol. The van der Waals surface area contributed by atoms with Gasteiger partial charge < -0.3 is 10.1 Å². The molecule has 1 atom stereocenters. The van der Waals surface area contributed by atoms with Crippen molar-refractivity contribution in [1.29, 1.82) is 5.26 Å². The van der Waals surface area contributed by atoms with Gasteiger partial charge in [0.2, 0.25) is 0 Å². The van der Waals surface area contributed by atoms with Crippen molar-refractivity contribution in [2.75, 3.05) is 11.1 Å². The van der Waals surface area contributed by atoms with Gasteiger partial charge in [-0.1, -0.05) is 23.8 Å². The lowest BCUT2D eigenvalue weighted by atomic mass is 10.2. The van der Waals surface area contributed by atoms with Gasteiger partial charge in [-0.15, -0.1) is 11.8 Å². The number of carbonyl (C=O) groups excluding carboxylic acids is 2. The fourth-order valence-corrected chi connectivity index (χ4v) is 3.09. The minimum Gasteiger partial charge on any atom is -0.452 e. The monoisotopic (exact) mass is 368 g/mol. The number of hydrogen-bond acceptors (Lipinski definition) is 5. The van der Waals surface area contributed by atoms with Gasteiger partial charge in [0.05, 0.1) is 17.4 Å². The molecule has 0 bridgehead atoms. The number of nitrogens with one attached hydrogen (secondary N) is 1. The molecule has 6 heteroatoms.